The molecule has 2 aromatic rings. The lowest BCUT2D eigenvalue weighted by molar-refractivity contribution is -0.119. The molecule has 0 aliphatic carbocycles. The van der Waals surface area contributed by atoms with Crippen molar-refractivity contribution in [2.75, 3.05) is 12.0 Å². The zero-order chi connectivity index (χ0) is 14.4. The summed E-state index contributed by atoms with van der Waals surface area (Å²) in [7, 11) is 0. The zero-order valence-electron chi connectivity index (χ0n) is 10.4. The molecule has 1 heterocycles. The topological polar surface area (TPSA) is 109 Å². The third kappa shape index (κ3) is 3.39. The van der Waals surface area contributed by atoms with E-state index in [4.69, 9.17) is 0 Å². The van der Waals surface area contributed by atoms with Crippen LogP contribution in [-0.4, -0.2) is 44.4 Å². The van der Waals surface area contributed by atoms with Gasteiger partial charge in [-0.05, 0) is 12.1 Å². The van der Waals surface area contributed by atoms with Crippen molar-refractivity contribution in [3.05, 3.63) is 48.5 Å². The van der Waals surface area contributed by atoms with Crippen LogP contribution in [0.25, 0.3) is 0 Å². The second kappa shape index (κ2) is 6.43. The highest BCUT2D eigenvalue weighted by atomic mass is 16.3. The van der Waals surface area contributed by atoms with E-state index in [9.17, 15) is 14.7 Å². The van der Waals surface area contributed by atoms with Gasteiger partial charge in [-0.2, -0.15) is 0 Å². The molecule has 0 fully saturated rings. The number of aliphatic hydroxyl groups is 1. The van der Waals surface area contributed by atoms with Gasteiger partial charge in [0.1, 0.15) is 18.7 Å². The Balaban J connectivity index is 1.98. The lowest BCUT2D eigenvalue weighted by Gasteiger charge is -2.16. The normalized spacial score (nSPS) is 11.7. The predicted molar refractivity (Wildman–Crippen MR) is 69.2 cm³/mol. The summed E-state index contributed by atoms with van der Waals surface area (Å²) in [5.41, 5.74) is 2.81. The van der Waals surface area contributed by atoms with E-state index in [-0.39, 0.29) is 0 Å². The standard InChI is InChI=1S/C12H13N5O3/c18-6-10(12(20)16-17-7-13-14-8-17)15-11(19)9-4-2-1-3-5-9/h1-5,7-8,10,18H,6H2,(H,15,19)(H,16,20)/t10-/m0/s1. The van der Waals surface area contributed by atoms with Gasteiger partial charge in [0.2, 0.25) is 0 Å². The molecule has 2 rings (SSSR count). The number of aromatic nitrogens is 3. The summed E-state index contributed by atoms with van der Waals surface area (Å²) in [4.78, 5) is 23.7. The van der Waals surface area contributed by atoms with Crippen LogP contribution in [0.2, 0.25) is 0 Å². The SMILES string of the molecule is O=C(N[C@@H](CO)C(=O)Nn1cnnc1)c1ccccc1. The Labute approximate surface area is 114 Å². The summed E-state index contributed by atoms with van der Waals surface area (Å²) in [6.45, 7) is -0.521. The van der Waals surface area contributed by atoms with Crippen LogP contribution in [-0.2, 0) is 4.79 Å². The quantitative estimate of drug-likeness (QED) is 0.658. The number of rotatable bonds is 5. The highest BCUT2D eigenvalue weighted by molar-refractivity contribution is 5.99. The number of carbonyl (C=O) groups is 2. The molecule has 20 heavy (non-hydrogen) atoms. The Hall–Kier alpha value is -2.74. The van der Waals surface area contributed by atoms with Gasteiger partial charge in [0.15, 0.2) is 0 Å². The Morgan fingerprint density at radius 1 is 1.20 bits per heavy atom. The summed E-state index contributed by atoms with van der Waals surface area (Å²) < 4.78 is 1.22. The van der Waals surface area contributed by atoms with Gasteiger partial charge in [0, 0.05) is 5.56 Å². The van der Waals surface area contributed by atoms with E-state index in [1.807, 2.05) is 0 Å². The summed E-state index contributed by atoms with van der Waals surface area (Å²) >= 11 is 0. The Morgan fingerprint density at radius 3 is 2.45 bits per heavy atom. The molecule has 104 valence electrons. The monoisotopic (exact) mass is 275 g/mol. The first-order valence-electron chi connectivity index (χ1n) is 5.83. The number of nitrogens with one attached hydrogen (secondary N) is 2. The Morgan fingerprint density at radius 2 is 1.85 bits per heavy atom. The number of aliphatic hydroxyl groups excluding tert-OH is 1. The number of hydrogen-bond donors (Lipinski definition) is 3. The van der Waals surface area contributed by atoms with Crippen LogP contribution in [0.1, 0.15) is 10.4 Å². The molecule has 0 saturated carbocycles. The fourth-order valence-corrected chi connectivity index (χ4v) is 1.49. The molecule has 8 nitrogen and oxygen atoms in total. The number of nitrogens with zero attached hydrogens (tertiary/aromatic N) is 3. The number of carbonyl (C=O) groups excluding carboxylic acids is 2. The van der Waals surface area contributed by atoms with E-state index in [0.717, 1.165) is 0 Å². The van der Waals surface area contributed by atoms with Crippen molar-refractivity contribution >= 4 is 11.8 Å². The van der Waals surface area contributed by atoms with E-state index < -0.39 is 24.5 Å². The first-order valence-corrected chi connectivity index (χ1v) is 5.83. The first kappa shape index (κ1) is 13.7. The number of hydrogen-bond acceptors (Lipinski definition) is 5. The highest BCUT2D eigenvalue weighted by Gasteiger charge is 2.20. The largest absolute Gasteiger partial charge is 0.394 e. The molecular weight excluding hydrogens is 262 g/mol. The Kier molecular flexibility index (Phi) is 4.40. The van der Waals surface area contributed by atoms with Crippen LogP contribution in [0, 0.1) is 0 Å². The zero-order valence-corrected chi connectivity index (χ0v) is 10.4. The molecule has 1 aromatic carbocycles. The molecular formula is C12H13N5O3. The van der Waals surface area contributed by atoms with Crippen molar-refractivity contribution in [3.8, 4) is 0 Å². The molecule has 0 bridgehead atoms. The minimum atomic E-state index is -1.06. The van der Waals surface area contributed by atoms with Crippen molar-refractivity contribution in [1.29, 1.82) is 0 Å². The van der Waals surface area contributed by atoms with Gasteiger partial charge in [-0.1, -0.05) is 18.2 Å². The van der Waals surface area contributed by atoms with Gasteiger partial charge in [0.05, 0.1) is 6.61 Å². The summed E-state index contributed by atoms with van der Waals surface area (Å²) in [6, 6.07) is 7.35. The van der Waals surface area contributed by atoms with Crippen molar-refractivity contribution < 1.29 is 14.7 Å². The fraction of sp³-hybridized carbons (Fsp3) is 0.167. The molecule has 0 aliphatic heterocycles. The second-order valence-corrected chi connectivity index (χ2v) is 3.92. The third-order valence-electron chi connectivity index (χ3n) is 2.50. The van der Waals surface area contributed by atoms with Crippen LogP contribution in [0.5, 0.6) is 0 Å². The maximum absolute atomic E-state index is 11.9. The average Bonchev–Trinajstić information content (AvgIpc) is 2.98. The lowest BCUT2D eigenvalue weighted by Crippen LogP contribution is -2.47. The summed E-state index contributed by atoms with van der Waals surface area (Å²) in [5, 5.41) is 18.7. The highest BCUT2D eigenvalue weighted by Crippen LogP contribution is 1.99. The maximum atomic E-state index is 11.9. The number of amides is 2. The fourth-order valence-electron chi connectivity index (χ4n) is 1.49. The van der Waals surface area contributed by atoms with Gasteiger partial charge in [0.25, 0.3) is 11.8 Å². The summed E-state index contributed by atoms with van der Waals surface area (Å²) in [5.74, 6) is -1.01. The van der Waals surface area contributed by atoms with E-state index in [1.165, 1.54) is 17.3 Å². The van der Waals surface area contributed by atoms with E-state index in [1.54, 1.807) is 30.3 Å². The molecule has 1 atom stereocenters. The molecule has 0 saturated heterocycles. The van der Waals surface area contributed by atoms with Crippen LogP contribution in [0.4, 0.5) is 0 Å². The van der Waals surface area contributed by atoms with E-state index >= 15 is 0 Å². The van der Waals surface area contributed by atoms with Gasteiger partial charge in [-0.25, -0.2) is 4.68 Å². The maximum Gasteiger partial charge on any atom is 0.263 e. The number of benzene rings is 1. The second-order valence-electron chi connectivity index (χ2n) is 3.92. The van der Waals surface area contributed by atoms with Gasteiger partial charge >= 0.3 is 0 Å². The van der Waals surface area contributed by atoms with Crippen molar-refractivity contribution in [2.45, 2.75) is 6.04 Å². The van der Waals surface area contributed by atoms with Crippen LogP contribution in [0.3, 0.4) is 0 Å². The smallest absolute Gasteiger partial charge is 0.263 e. The van der Waals surface area contributed by atoms with Crippen LogP contribution < -0.4 is 10.7 Å². The lowest BCUT2D eigenvalue weighted by atomic mass is 10.2. The molecule has 0 radical (unpaired) electrons. The molecule has 0 spiro atoms. The molecule has 0 unspecified atom stereocenters. The third-order valence-corrected chi connectivity index (χ3v) is 2.50. The minimum absolute atomic E-state index is 0.406. The van der Waals surface area contributed by atoms with Gasteiger partial charge < -0.3 is 10.4 Å². The molecule has 0 aliphatic rings. The van der Waals surface area contributed by atoms with E-state index in [0.29, 0.717) is 5.56 Å². The molecule has 3 N–H and O–H groups in total. The van der Waals surface area contributed by atoms with Gasteiger partial charge in [-0.3, -0.25) is 15.0 Å². The minimum Gasteiger partial charge on any atom is -0.394 e. The Bertz CT molecular complexity index is 570. The van der Waals surface area contributed by atoms with Crippen LogP contribution >= 0.6 is 0 Å². The van der Waals surface area contributed by atoms with Crippen molar-refractivity contribution in [3.63, 3.8) is 0 Å². The summed E-state index contributed by atoms with van der Waals surface area (Å²) in [6.07, 6.45) is 2.57. The van der Waals surface area contributed by atoms with Crippen molar-refractivity contribution in [1.82, 2.24) is 20.2 Å². The van der Waals surface area contributed by atoms with Gasteiger partial charge in [-0.15, -0.1) is 10.2 Å². The van der Waals surface area contributed by atoms with Crippen molar-refractivity contribution in [2.24, 2.45) is 0 Å². The van der Waals surface area contributed by atoms with Crippen LogP contribution in [0.15, 0.2) is 43.0 Å². The molecule has 8 heteroatoms. The van der Waals surface area contributed by atoms with E-state index in [2.05, 4.69) is 20.9 Å². The molecule has 1 aromatic heterocycles. The predicted octanol–water partition coefficient (Wildman–Crippen LogP) is -0.861. The average molecular weight is 275 g/mol. The molecule has 2 amide bonds. The first-order chi connectivity index (χ1) is 9.70.